The van der Waals surface area contributed by atoms with Crippen LogP contribution in [0.4, 0.5) is 0 Å². The monoisotopic (exact) mass is 272 g/mol. The van der Waals surface area contributed by atoms with E-state index in [1.165, 1.54) is 4.88 Å². The summed E-state index contributed by atoms with van der Waals surface area (Å²) in [5, 5.41) is 16.3. The van der Waals surface area contributed by atoms with Crippen LogP contribution in [0, 0.1) is 0 Å². The molecule has 0 saturated heterocycles. The molecule has 19 heavy (non-hydrogen) atoms. The third kappa shape index (κ3) is 2.37. The molecule has 1 N–H and O–H groups in total. The van der Waals surface area contributed by atoms with Crippen molar-refractivity contribution in [3.8, 4) is 0 Å². The van der Waals surface area contributed by atoms with E-state index in [2.05, 4.69) is 11.2 Å². The summed E-state index contributed by atoms with van der Waals surface area (Å²) < 4.78 is 1.87. The third-order valence-electron chi connectivity index (χ3n) is 2.94. The van der Waals surface area contributed by atoms with E-state index >= 15 is 0 Å². The molecular formula is C14H12N2O2S. The molecule has 0 atom stereocenters. The predicted octanol–water partition coefficient (Wildman–Crippen LogP) is 2.77. The van der Waals surface area contributed by atoms with Gasteiger partial charge in [0.25, 0.3) is 0 Å². The molecule has 0 amide bonds. The minimum atomic E-state index is -0.855. The maximum absolute atomic E-state index is 10.9. The average molecular weight is 272 g/mol. The Labute approximate surface area is 113 Å². The first kappa shape index (κ1) is 11.9. The van der Waals surface area contributed by atoms with Gasteiger partial charge in [-0.2, -0.15) is 5.10 Å². The zero-order valence-corrected chi connectivity index (χ0v) is 10.9. The lowest BCUT2D eigenvalue weighted by Gasteiger charge is -2.00. The highest BCUT2D eigenvalue weighted by Gasteiger charge is 2.13. The molecule has 0 unspecified atom stereocenters. The molecule has 3 aromatic rings. The molecule has 0 fully saturated rings. The number of aliphatic carboxylic acids is 1. The number of rotatable bonds is 4. The molecule has 0 saturated carbocycles. The second kappa shape index (κ2) is 4.85. The topological polar surface area (TPSA) is 55.1 Å². The van der Waals surface area contributed by atoms with Crippen molar-refractivity contribution < 1.29 is 9.90 Å². The van der Waals surface area contributed by atoms with Gasteiger partial charge in [-0.15, -0.1) is 11.3 Å². The van der Waals surface area contributed by atoms with E-state index in [9.17, 15) is 4.79 Å². The molecule has 96 valence electrons. The van der Waals surface area contributed by atoms with E-state index < -0.39 is 5.97 Å². The largest absolute Gasteiger partial charge is 0.481 e. The average Bonchev–Trinajstić information content (AvgIpc) is 2.99. The van der Waals surface area contributed by atoms with Crippen LogP contribution in [0.15, 0.2) is 41.8 Å². The summed E-state index contributed by atoms with van der Waals surface area (Å²) in [6.07, 6.45) is -0.0437. The van der Waals surface area contributed by atoms with E-state index in [0.29, 0.717) is 12.2 Å². The van der Waals surface area contributed by atoms with Crippen LogP contribution in [0.3, 0.4) is 0 Å². The lowest BCUT2D eigenvalue weighted by molar-refractivity contribution is -0.136. The van der Waals surface area contributed by atoms with Crippen molar-refractivity contribution in [2.24, 2.45) is 0 Å². The minimum absolute atomic E-state index is 0.0437. The van der Waals surface area contributed by atoms with E-state index in [1.54, 1.807) is 11.3 Å². The zero-order chi connectivity index (χ0) is 13.2. The maximum atomic E-state index is 10.9. The highest BCUT2D eigenvalue weighted by atomic mass is 32.1. The van der Waals surface area contributed by atoms with E-state index in [0.717, 1.165) is 10.9 Å². The summed E-state index contributed by atoms with van der Waals surface area (Å²) in [7, 11) is 0. The molecule has 0 aliphatic heterocycles. The molecule has 4 nitrogen and oxygen atoms in total. The van der Waals surface area contributed by atoms with E-state index in [-0.39, 0.29) is 6.42 Å². The van der Waals surface area contributed by atoms with Gasteiger partial charge < -0.3 is 5.11 Å². The molecule has 0 bridgehead atoms. The van der Waals surface area contributed by atoms with Gasteiger partial charge in [0, 0.05) is 10.3 Å². The highest BCUT2D eigenvalue weighted by Crippen LogP contribution is 2.21. The number of fused-ring (bicyclic) bond motifs is 1. The van der Waals surface area contributed by atoms with Crippen molar-refractivity contribution in [3.05, 3.63) is 52.3 Å². The Morgan fingerprint density at radius 2 is 2.11 bits per heavy atom. The molecule has 3 rings (SSSR count). The Morgan fingerprint density at radius 3 is 2.84 bits per heavy atom. The van der Waals surface area contributed by atoms with Gasteiger partial charge in [0.05, 0.1) is 24.2 Å². The third-order valence-corrected chi connectivity index (χ3v) is 3.80. The molecule has 0 spiro atoms. The lowest BCUT2D eigenvalue weighted by Crippen LogP contribution is -2.04. The fourth-order valence-corrected chi connectivity index (χ4v) is 2.83. The van der Waals surface area contributed by atoms with Gasteiger partial charge >= 0.3 is 5.97 Å². The van der Waals surface area contributed by atoms with Crippen LogP contribution < -0.4 is 0 Å². The molecule has 2 heterocycles. The van der Waals surface area contributed by atoms with E-state index in [4.69, 9.17) is 5.11 Å². The van der Waals surface area contributed by atoms with Gasteiger partial charge in [0.15, 0.2) is 0 Å². The molecule has 2 aromatic heterocycles. The van der Waals surface area contributed by atoms with Crippen molar-refractivity contribution in [3.63, 3.8) is 0 Å². The van der Waals surface area contributed by atoms with Crippen LogP contribution in [-0.2, 0) is 17.8 Å². The first-order valence-corrected chi connectivity index (χ1v) is 6.80. The number of carboxylic acid groups (broad SMARTS) is 1. The fourth-order valence-electron chi connectivity index (χ4n) is 2.14. The number of benzene rings is 1. The quantitative estimate of drug-likeness (QED) is 0.794. The normalized spacial score (nSPS) is 10.9. The summed E-state index contributed by atoms with van der Waals surface area (Å²) >= 11 is 1.67. The second-order valence-electron chi connectivity index (χ2n) is 4.27. The highest BCUT2D eigenvalue weighted by molar-refractivity contribution is 7.09. The van der Waals surface area contributed by atoms with Gasteiger partial charge in [-0.3, -0.25) is 9.48 Å². The van der Waals surface area contributed by atoms with Gasteiger partial charge in [-0.25, -0.2) is 0 Å². The number of carbonyl (C=O) groups is 1. The number of nitrogens with zero attached hydrogens (tertiary/aromatic N) is 2. The summed E-state index contributed by atoms with van der Waals surface area (Å²) in [6.45, 7) is 0.678. The molecule has 0 aliphatic carbocycles. The number of aromatic nitrogens is 2. The number of thiophene rings is 1. The molecular weight excluding hydrogens is 260 g/mol. The van der Waals surface area contributed by atoms with Crippen molar-refractivity contribution >= 4 is 28.2 Å². The summed E-state index contributed by atoms with van der Waals surface area (Å²) in [6, 6.07) is 11.8. The van der Waals surface area contributed by atoms with Crippen molar-refractivity contribution in [2.45, 2.75) is 13.0 Å². The predicted molar refractivity (Wildman–Crippen MR) is 74.5 cm³/mol. The van der Waals surface area contributed by atoms with E-state index in [1.807, 2.05) is 40.4 Å². The number of hydrogen-bond acceptors (Lipinski definition) is 3. The number of para-hydroxylation sites is 1. The Balaban J connectivity index is 2.06. The number of carboxylic acids is 1. The molecule has 0 radical (unpaired) electrons. The summed E-state index contributed by atoms with van der Waals surface area (Å²) in [5.41, 5.74) is 1.60. The molecule has 0 aliphatic rings. The van der Waals surface area contributed by atoms with Crippen LogP contribution in [0.2, 0.25) is 0 Å². The molecule has 5 heteroatoms. The van der Waals surface area contributed by atoms with Crippen molar-refractivity contribution in [1.82, 2.24) is 9.78 Å². The maximum Gasteiger partial charge on any atom is 0.309 e. The smallest absolute Gasteiger partial charge is 0.309 e. The van der Waals surface area contributed by atoms with Crippen LogP contribution in [0.25, 0.3) is 10.9 Å². The van der Waals surface area contributed by atoms with Crippen LogP contribution in [-0.4, -0.2) is 20.9 Å². The van der Waals surface area contributed by atoms with Gasteiger partial charge in [0.1, 0.15) is 0 Å². The summed E-state index contributed by atoms with van der Waals surface area (Å²) in [5.74, 6) is -0.855. The zero-order valence-electron chi connectivity index (χ0n) is 10.1. The first-order chi connectivity index (χ1) is 9.24. The molecule has 1 aromatic carbocycles. The SMILES string of the molecule is O=C(O)Cc1nn(Cc2cccs2)c2ccccc12. The Morgan fingerprint density at radius 1 is 1.26 bits per heavy atom. The first-order valence-electron chi connectivity index (χ1n) is 5.92. The fraction of sp³-hybridized carbons (Fsp3) is 0.143. The van der Waals surface area contributed by atoms with Gasteiger partial charge in [-0.1, -0.05) is 24.3 Å². The van der Waals surface area contributed by atoms with Gasteiger partial charge in [0.2, 0.25) is 0 Å². The number of hydrogen-bond donors (Lipinski definition) is 1. The van der Waals surface area contributed by atoms with Crippen LogP contribution >= 0.6 is 11.3 Å². The van der Waals surface area contributed by atoms with Crippen LogP contribution in [0.1, 0.15) is 10.6 Å². The minimum Gasteiger partial charge on any atom is -0.481 e. The standard InChI is InChI=1S/C14H12N2O2S/c17-14(18)8-12-11-5-1-2-6-13(11)16(15-12)9-10-4-3-7-19-10/h1-7H,8-9H2,(H,17,18). The Kier molecular flexibility index (Phi) is 3.05. The second-order valence-corrected chi connectivity index (χ2v) is 5.30. The Hall–Kier alpha value is -2.14. The van der Waals surface area contributed by atoms with Crippen LogP contribution in [0.5, 0.6) is 0 Å². The Bertz CT molecular complexity index is 716. The summed E-state index contributed by atoms with van der Waals surface area (Å²) in [4.78, 5) is 12.1. The van der Waals surface area contributed by atoms with Crippen molar-refractivity contribution in [1.29, 1.82) is 0 Å². The lowest BCUT2D eigenvalue weighted by atomic mass is 10.2. The van der Waals surface area contributed by atoms with Crippen molar-refractivity contribution in [2.75, 3.05) is 0 Å². The van der Waals surface area contributed by atoms with Gasteiger partial charge in [-0.05, 0) is 17.5 Å².